The first-order valence-corrected chi connectivity index (χ1v) is 6.32. The fourth-order valence-corrected chi connectivity index (χ4v) is 1.93. The molecule has 0 aliphatic heterocycles. The van der Waals surface area contributed by atoms with E-state index in [1.165, 1.54) is 6.07 Å². The van der Waals surface area contributed by atoms with Gasteiger partial charge in [0.2, 0.25) is 0 Å². The van der Waals surface area contributed by atoms with Gasteiger partial charge in [-0.3, -0.25) is 24.8 Å². The summed E-state index contributed by atoms with van der Waals surface area (Å²) in [4.78, 5) is 33.4. The lowest BCUT2D eigenvalue weighted by Crippen LogP contribution is -2.28. The van der Waals surface area contributed by atoms with Gasteiger partial charge in [0.15, 0.2) is 0 Å². The number of rotatable bonds is 5. The van der Waals surface area contributed by atoms with Crippen LogP contribution in [0.15, 0.2) is 39.9 Å². The second kappa shape index (κ2) is 6.04. The van der Waals surface area contributed by atoms with Crippen LogP contribution in [0.4, 0.5) is 11.4 Å². The summed E-state index contributed by atoms with van der Waals surface area (Å²) in [6.07, 6.45) is 0. The number of anilines is 1. The van der Waals surface area contributed by atoms with Crippen LogP contribution < -0.4 is 16.4 Å². The summed E-state index contributed by atoms with van der Waals surface area (Å²) in [6, 6.07) is 6.93. The number of aromatic nitrogens is 2. The minimum atomic E-state index is -0.488. The monoisotopic (exact) mass is 290 g/mol. The first-order chi connectivity index (χ1) is 10.0. The lowest BCUT2D eigenvalue weighted by Gasteiger charge is -2.08. The van der Waals surface area contributed by atoms with Crippen LogP contribution in [0.1, 0.15) is 12.5 Å². The van der Waals surface area contributed by atoms with E-state index in [2.05, 4.69) is 10.4 Å². The lowest BCUT2D eigenvalue weighted by molar-refractivity contribution is -0.384. The second-order valence-corrected chi connectivity index (χ2v) is 4.37. The minimum Gasteiger partial charge on any atom is -0.380 e. The third kappa shape index (κ3) is 3.35. The molecule has 0 radical (unpaired) electrons. The molecule has 1 aromatic carbocycles. The molecule has 0 aliphatic carbocycles. The Morgan fingerprint density at radius 2 is 2.05 bits per heavy atom. The maximum atomic E-state index is 11.6. The van der Waals surface area contributed by atoms with Gasteiger partial charge in [0.25, 0.3) is 16.8 Å². The molecule has 0 saturated heterocycles. The molecule has 0 fully saturated rings. The zero-order valence-corrected chi connectivity index (χ0v) is 11.3. The molecule has 0 aliphatic rings. The molecule has 0 spiro atoms. The number of nitro benzene ring substituents is 1. The van der Waals surface area contributed by atoms with Crippen molar-refractivity contribution in [2.45, 2.75) is 13.5 Å². The molecule has 110 valence electrons. The van der Waals surface area contributed by atoms with E-state index in [1.54, 1.807) is 12.1 Å². The topological polar surface area (TPSA) is 110 Å². The highest BCUT2D eigenvalue weighted by molar-refractivity contribution is 5.62. The summed E-state index contributed by atoms with van der Waals surface area (Å²) in [6.45, 7) is 2.46. The van der Waals surface area contributed by atoms with E-state index < -0.39 is 10.5 Å². The van der Waals surface area contributed by atoms with E-state index in [0.29, 0.717) is 17.8 Å². The molecule has 2 rings (SSSR count). The predicted octanol–water partition coefficient (Wildman–Crippen LogP) is 0.925. The zero-order chi connectivity index (χ0) is 15.4. The summed E-state index contributed by atoms with van der Waals surface area (Å²) in [5.74, 6) is 0. The average Bonchev–Trinajstić information content (AvgIpc) is 2.44. The van der Waals surface area contributed by atoms with Crippen molar-refractivity contribution in [2.75, 3.05) is 11.9 Å². The predicted molar refractivity (Wildman–Crippen MR) is 77.7 cm³/mol. The third-order valence-corrected chi connectivity index (χ3v) is 2.86. The van der Waals surface area contributed by atoms with Gasteiger partial charge in [-0.15, -0.1) is 0 Å². The standard InChI is InChI=1S/C13H14N4O4/c1-2-14-10-4-3-9(7-11(10)17(20)21)8-16-13(19)6-5-12(18)15-16/h3-7,14H,2,8H2,1H3,(H,15,18). The Bertz CT molecular complexity index is 778. The number of hydrogen-bond acceptors (Lipinski definition) is 5. The van der Waals surface area contributed by atoms with Crippen LogP contribution in [-0.2, 0) is 6.54 Å². The van der Waals surface area contributed by atoms with Gasteiger partial charge in [-0.05, 0) is 18.6 Å². The first kappa shape index (κ1) is 14.5. The molecule has 2 aromatic rings. The van der Waals surface area contributed by atoms with Gasteiger partial charge in [0.05, 0.1) is 11.5 Å². The van der Waals surface area contributed by atoms with E-state index in [1.807, 2.05) is 6.92 Å². The number of aromatic amines is 1. The fraction of sp³-hybridized carbons (Fsp3) is 0.231. The van der Waals surface area contributed by atoms with Crippen molar-refractivity contribution >= 4 is 11.4 Å². The number of nitro groups is 1. The molecule has 1 heterocycles. The van der Waals surface area contributed by atoms with E-state index in [0.717, 1.165) is 16.8 Å². The van der Waals surface area contributed by atoms with Crippen molar-refractivity contribution in [1.82, 2.24) is 9.78 Å². The van der Waals surface area contributed by atoms with Crippen molar-refractivity contribution in [1.29, 1.82) is 0 Å². The van der Waals surface area contributed by atoms with Crippen molar-refractivity contribution in [3.63, 3.8) is 0 Å². The molecule has 0 amide bonds. The molecule has 0 atom stereocenters. The lowest BCUT2D eigenvalue weighted by atomic mass is 10.1. The van der Waals surface area contributed by atoms with Crippen molar-refractivity contribution in [3.8, 4) is 0 Å². The van der Waals surface area contributed by atoms with Crippen LogP contribution in [0.2, 0.25) is 0 Å². The number of nitrogens with zero attached hydrogens (tertiary/aromatic N) is 2. The average molecular weight is 290 g/mol. The van der Waals surface area contributed by atoms with Gasteiger partial charge in [0, 0.05) is 24.7 Å². The number of benzene rings is 1. The summed E-state index contributed by atoms with van der Waals surface area (Å²) < 4.78 is 1.11. The Labute approximate surface area is 119 Å². The number of hydrogen-bond donors (Lipinski definition) is 2. The van der Waals surface area contributed by atoms with Crippen LogP contribution in [0.25, 0.3) is 0 Å². The van der Waals surface area contributed by atoms with E-state index in [9.17, 15) is 19.7 Å². The Morgan fingerprint density at radius 3 is 2.71 bits per heavy atom. The van der Waals surface area contributed by atoms with Crippen molar-refractivity contribution in [3.05, 3.63) is 66.7 Å². The molecule has 8 nitrogen and oxygen atoms in total. The quantitative estimate of drug-likeness (QED) is 0.628. The number of H-pyrrole nitrogens is 1. The minimum absolute atomic E-state index is 0.0577. The van der Waals surface area contributed by atoms with Crippen molar-refractivity contribution in [2.24, 2.45) is 0 Å². The van der Waals surface area contributed by atoms with Crippen LogP contribution in [0.5, 0.6) is 0 Å². The second-order valence-electron chi connectivity index (χ2n) is 4.37. The van der Waals surface area contributed by atoms with Crippen LogP contribution in [0.3, 0.4) is 0 Å². The van der Waals surface area contributed by atoms with Crippen LogP contribution >= 0.6 is 0 Å². The Morgan fingerprint density at radius 1 is 1.29 bits per heavy atom. The first-order valence-electron chi connectivity index (χ1n) is 6.32. The molecule has 8 heteroatoms. The summed E-state index contributed by atoms with van der Waals surface area (Å²) in [7, 11) is 0. The van der Waals surface area contributed by atoms with Gasteiger partial charge >= 0.3 is 0 Å². The fourth-order valence-electron chi connectivity index (χ4n) is 1.93. The molecule has 0 bridgehead atoms. The van der Waals surface area contributed by atoms with E-state index in [-0.39, 0.29) is 17.8 Å². The van der Waals surface area contributed by atoms with Gasteiger partial charge in [-0.25, -0.2) is 4.68 Å². The van der Waals surface area contributed by atoms with Gasteiger partial charge in [-0.1, -0.05) is 6.07 Å². The molecule has 0 saturated carbocycles. The Hall–Kier alpha value is -2.90. The SMILES string of the molecule is CCNc1ccc(Cn2[nH]c(=O)ccc2=O)cc1[N+](=O)[O-]. The summed E-state index contributed by atoms with van der Waals surface area (Å²) in [5.41, 5.74) is 0.106. The Balaban J connectivity index is 2.39. The third-order valence-electron chi connectivity index (χ3n) is 2.86. The maximum Gasteiger partial charge on any atom is 0.292 e. The highest BCUT2D eigenvalue weighted by Crippen LogP contribution is 2.25. The highest BCUT2D eigenvalue weighted by atomic mass is 16.6. The molecule has 2 N–H and O–H groups in total. The Kier molecular flexibility index (Phi) is 4.17. The molecule has 21 heavy (non-hydrogen) atoms. The normalized spacial score (nSPS) is 10.3. The summed E-state index contributed by atoms with van der Waals surface area (Å²) in [5, 5.41) is 16.3. The molecule has 0 unspecified atom stereocenters. The largest absolute Gasteiger partial charge is 0.380 e. The van der Waals surface area contributed by atoms with E-state index in [4.69, 9.17) is 0 Å². The molecular formula is C13H14N4O4. The highest BCUT2D eigenvalue weighted by Gasteiger charge is 2.14. The maximum absolute atomic E-state index is 11.6. The molecular weight excluding hydrogens is 276 g/mol. The van der Waals surface area contributed by atoms with Gasteiger partial charge in [0.1, 0.15) is 5.69 Å². The van der Waals surface area contributed by atoms with Crippen LogP contribution in [-0.4, -0.2) is 21.2 Å². The summed E-state index contributed by atoms with van der Waals surface area (Å²) >= 11 is 0. The smallest absolute Gasteiger partial charge is 0.292 e. The van der Waals surface area contributed by atoms with Gasteiger partial charge < -0.3 is 5.32 Å². The number of nitrogens with one attached hydrogen (secondary N) is 2. The van der Waals surface area contributed by atoms with Gasteiger partial charge in [-0.2, -0.15) is 0 Å². The van der Waals surface area contributed by atoms with E-state index >= 15 is 0 Å². The molecule has 1 aromatic heterocycles. The van der Waals surface area contributed by atoms with Crippen molar-refractivity contribution < 1.29 is 4.92 Å². The zero-order valence-electron chi connectivity index (χ0n) is 11.3. The van der Waals surface area contributed by atoms with Crippen LogP contribution in [0, 0.1) is 10.1 Å².